The summed E-state index contributed by atoms with van der Waals surface area (Å²) in [6.07, 6.45) is 0. The van der Waals surface area contributed by atoms with Crippen LogP contribution in [0.25, 0.3) is 54.9 Å². The van der Waals surface area contributed by atoms with Crippen molar-refractivity contribution in [2.24, 2.45) is 0 Å². The first-order valence-electron chi connectivity index (χ1n) is 15.9. The van der Waals surface area contributed by atoms with Gasteiger partial charge >= 0.3 is 0 Å². The predicted molar refractivity (Wildman–Crippen MR) is 190 cm³/mol. The molecule has 1 aliphatic heterocycles. The van der Waals surface area contributed by atoms with Crippen molar-refractivity contribution in [3.8, 4) is 44.9 Å². The van der Waals surface area contributed by atoms with Crippen LogP contribution in [0.15, 0.2) is 170 Å². The van der Waals surface area contributed by atoms with Crippen molar-refractivity contribution >= 4 is 21.5 Å². The van der Waals surface area contributed by atoms with E-state index in [4.69, 9.17) is 4.74 Å². The van der Waals surface area contributed by atoms with Gasteiger partial charge < -0.3 is 4.74 Å². The van der Waals surface area contributed by atoms with Crippen molar-refractivity contribution in [2.45, 2.75) is 5.41 Å². The average Bonchev–Trinajstić information content (AvgIpc) is 3.42. The summed E-state index contributed by atoms with van der Waals surface area (Å²) in [5, 5.41) is 5.07. The Morgan fingerprint density at radius 3 is 1.72 bits per heavy atom. The Balaban J connectivity index is 1.21. The van der Waals surface area contributed by atoms with Crippen LogP contribution in [0.1, 0.15) is 22.3 Å². The van der Waals surface area contributed by atoms with Gasteiger partial charge in [-0.3, -0.25) is 0 Å². The SMILES string of the molecule is c1ccc2c(c1)Oc1cc(-c3ccccc3-c3cccc4c3ccc3ccccc34)ccc1C21c2ccccc2-c2ccccc21. The second kappa shape index (κ2) is 9.54. The Kier molecular flexibility index (Phi) is 5.27. The third-order valence-electron chi connectivity index (χ3n) is 10.2. The van der Waals surface area contributed by atoms with Crippen molar-refractivity contribution in [3.05, 3.63) is 192 Å². The summed E-state index contributed by atoms with van der Waals surface area (Å²) in [4.78, 5) is 0. The van der Waals surface area contributed by atoms with E-state index in [0.29, 0.717) is 0 Å². The number of para-hydroxylation sites is 1. The maximum Gasteiger partial charge on any atom is 0.132 e. The lowest BCUT2D eigenvalue weighted by molar-refractivity contribution is 0.436. The monoisotopic (exact) mass is 584 g/mol. The lowest BCUT2D eigenvalue weighted by atomic mass is 9.66. The molecule has 8 aromatic carbocycles. The molecule has 0 atom stereocenters. The smallest absolute Gasteiger partial charge is 0.132 e. The Morgan fingerprint density at radius 2 is 0.913 bits per heavy atom. The Bertz CT molecular complexity index is 2470. The van der Waals surface area contributed by atoms with E-state index in [1.54, 1.807) is 0 Å². The molecule has 214 valence electrons. The highest BCUT2D eigenvalue weighted by molar-refractivity contribution is 6.13. The molecule has 0 unspecified atom stereocenters. The van der Waals surface area contributed by atoms with Gasteiger partial charge in [-0.25, -0.2) is 0 Å². The molecule has 2 aliphatic rings. The van der Waals surface area contributed by atoms with Crippen LogP contribution in [0.4, 0.5) is 0 Å². The van der Waals surface area contributed by atoms with Crippen molar-refractivity contribution in [3.63, 3.8) is 0 Å². The predicted octanol–water partition coefficient (Wildman–Crippen LogP) is 11.8. The second-order valence-corrected chi connectivity index (χ2v) is 12.4. The van der Waals surface area contributed by atoms with Gasteiger partial charge in [0.1, 0.15) is 11.5 Å². The van der Waals surface area contributed by atoms with Crippen molar-refractivity contribution < 1.29 is 4.74 Å². The van der Waals surface area contributed by atoms with Gasteiger partial charge in [0, 0.05) is 11.1 Å². The summed E-state index contributed by atoms with van der Waals surface area (Å²) in [6.45, 7) is 0. The van der Waals surface area contributed by atoms with Crippen LogP contribution in [-0.4, -0.2) is 0 Å². The molecular formula is C45H28O. The van der Waals surface area contributed by atoms with Gasteiger partial charge in [0.15, 0.2) is 0 Å². The first-order chi connectivity index (χ1) is 22.8. The van der Waals surface area contributed by atoms with E-state index in [-0.39, 0.29) is 0 Å². The molecule has 1 spiro atoms. The maximum atomic E-state index is 6.82. The van der Waals surface area contributed by atoms with Crippen LogP contribution >= 0.6 is 0 Å². The molecule has 0 saturated heterocycles. The minimum absolute atomic E-state index is 0.452. The Hall–Kier alpha value is -5.92. The fourth-order valence-electron chi connectivity index (χ4n) is 8.27. The molecule has 0 bridgehead atoms. The molecule has 0 aromatic heterocycles. The summed E-state index contributed by atoms with van der Waals surface area (Å²) in [5.41, 5.74) is 11.9. The Morgan fingerprint density at radius 1 is 0.326 bits per heavy atom. The van der Waals surface area contributed by atoms with Gasteiger partial charge in [-0.05, 0) is 78.2 Å². The van der Waals surface area contributed by atoms with Crippen LogP contribution in [0.2, 0.25) is 0 Å². The molecule has 0 radical (unpaired) electrons. The minimum Gasteiger partial charge on any atom is -0.457 e. The normalized spacial score (nSPS) is 13.6. The largest absolute Gasteiger partial charge is 0.457 e. The summed E-state index contributed by atoms with van der Waals surface area (Å²) in [7, 11) is 0. The topological polar surface area (TPSA) is 9.23 Å². The van der Waals surface area contributed by atoms with E-state index < -0.39 is 5.41 Å². The zero-order valence-electron chi connectivity index (χ0n) is 25.1. The molecule has 0 fully saturated rings. The molecular weight excluding hydrogens is 556 g/mol. The summed E-state index contributed by atoms with van der Waals surface area (Å²) >= 11 is 0. The molecule has 1 heterocycles. The van der Waals surface area contributed by atoms with E-state index in [1.807, 2.05) is 0 Å². The minimum atomic E-state index is -0.452. The second-order valence-electron chi connectivity index (χ2n) is 12.4. The van der Waals surface area contributed by atoms with Gasteiger partial charge in [-0.1, -0.05) is 158 Å². The molecule has 0 amide bonds. The van der Waals surface area contributed by atoms with E-state index in [1.165, 1.54) is 71.6 Å². The van der Waals surface area contributed by atoms with E-state index in [9.17, 15) is 0 Å². The highest BCUT2D eigenvalue weighted by atomic mass is 16.5. The van der Waals surface area contributed by atoms with Gasteiger partial charge in [-0.15, -0.1) is 0 Å². The quantitative estimate of drug-likeness (QED) is 0.184. The molecule has 8 aromatic rings. The van der Waals surface area contributed by atoms with E-state index in [0.717, 1.165) is 17.1 Å². The zero-order chi connectivity index (χ0) is 30.2. The number of hydrogen-bond acceptors (Lipinski definition) is 1. The number of hydrogen-bond donors (Lipinski definition) is 0. The number of rotatable bonds is 2. The molecule has 0 saturated carbocycles. The maximum absolute atomic E-state index is 6.82. The average molecular weight is 585 g/mol. The molecule has 46 heavy (non-hydrogen) atoms. The number of fused-ring (bicyclic) bond motifs is 12. The first-order valence-corrected chi connectivity index (χ1v) is 15.9. The van der Waals surface area contributed by atoms with Crippen LogP contribution in [0.5, 0.6) is 11.5 Å². The van der Waals surface area contributed by atoms with Gasteiger partial charge in [0.05, 0.1) is 5.41 Å². The highest BCUT2D eigenvalue weighted by Gasteiger charge is 2.50. The van der Waals surface area contributed by atoms with Crippen molar-refractivity contribution in [1.82, 2.24) is 0 Å². The zero-order valence-corrected chi connectivity index (χ0v) is 25.1. The van der Waals surface area contributed by atoms with Gasteiger partial charge in [0.2, 0.25) is 0 Å². The standard InChI is InChI=1S/C45H28O/c1-2-13-31-29(12-1)24-26-36-34(31)18-11-19-35(36)33-15-4-3-14-32(33)30-25-27-42-44(28-30)46-43-23-10-9-22-41(43)45(42)39-20-7-5-16-37(39)38-17-6-8-21-40(38)45/h1-28H. The number of benzene rings is 8. The van der Waals surface area contributed by atoms with Gasteiger partial charge in [-0.2, -0.15) is 0 Å². The van der Waals surface area contributed by atoms with E-state index in [2.05, 4.69) is 170 Å². The Labute approximate surface area is 268 Å². The molecule has 1 aliphatic carbocycles. The summed E-state index contributed by atoms with van der Waals surface area (Å²) in [5.74, 6) is 1.81. The highest BCUT2D eigenvalue weighted by Crippen LogP contribution is 2.62. The molecule has 0 N–H and O–H groups in total. The fourth-order valence-corrected chi connectivity index (χ4v) is 8.27. The van der Waals surface area contributed by atoms with Crippen molar-refractivity contribution in [2.75, 3.05) is 0 Å². The van der Waals surface area contributed by atoms with Crippen LogP contribution in [0.3, 0.4) is 0 Å². The number of ether oxygens (including phenoxy) is 1. The van der Waals surface area contributed by atoms with E-state index >= 15 is 0 Å². The van der Waals surface area contributed by atoms with Crippen LogP contribution in [-0.2, 0) is 5.41 Å². The van der Waals surface area contributed by atoms with Gasteiger partial charge in [0.25, 0.3) is 0 Å². The molecule has 1 heteroatoms. The third-order valence-corrected chi connectivity index (χ3v) is 10.2. The van der Waals surface area contributed by atoms with Crippen LogP contribution in [0, 0.1) is 0 Å². The molecule has 1 nitrogen and oxygen atoms in total. The fraction of sp³-hybridized carbons (Fsp3) is 0.0222. The first kappa shape index (κ1) is 25.4. The third kappa shape index (κ3) is 3.35. The summed E-state index contributed by atoms with van der Waals surface area (Å²) < 4.78 is 6.82. The van der Waals surface area contributed by atoms with Crippen LogP contribution < -0.4 is 4.74 Å². The summed E-state index contributed by atoms with van der Waals surface area (Å²) in [6, 6.07) is 61.8. The lowest BCUT2D eigenvalue weighted by Gasteiger charge is -2.39. The van der Waals surface area contributed by atoms with Crippen molar-refractivity contribution in [1.29, 1.82) is 0 Å². The molecule has 10 rings (SSSR count). The lowest BCUT2D eigenvalue weighted by Crippen LogP contribution is -2.32.